The van der Waals surface area contributed by atoms with Crippen molar-refractivity contribution in [3.05, 3.63) is 23.6 Å². The Balaban J connectivity index is 2.39. The van der Waals surface area contributed by atoms with Crippen LogP contribution in [0.1, 0.15) is 23.7 Å². The second kappa shape index (κ2) is 5.30. The highest BCUT2D eigenvalue weighted by Crippen LogP contribution is 2.23. The minimum atomic E-state index is -1.17. The van der Waals surface area contributed by atoms with E-state index in [4.69, 9.17) is 9.84 Å². The van der Waals surface area contributed by atoms with Crippen LogP contribution in [0.15, 0.2) is 12.3 Å². The molecule has 0 spiro atoms. The molecule has 1 N–H and O–H groups in total. The molecule has 0 radical (unpaired) electrons. The molecule has 1 aromatic heterocycles. The van der Waals surface area contributed by atoms with E-state index in [1.54, 1.807) is 0 Å². The van der Waals surface area contributed by atoms with E-state index in [1.807, 2.05) is 11.8 Å². The lowest BCUT2D eigenvalue weighted by Gasteiger charge is -2.36. The van der Waals surface area contributed by atoms with Crippen LogP contribution >= 0.6 is 0 Å². The number of hydrogen-bond donors (Lipinski definition) is 1. The summed E-state index contributed by atoms with van der Waals surface area (Å²) in [6.45, 7) is 3.62. The highest BCUT2D eigenvalue weighted by atomic mass is 19.1. The molecule has 1 saturated heterocycles. The summed E-state index contributed by atoms with van der Waals surface area (Å²) in [5.41, 5.74) is -0.102. The molecule has 1 fully saturated rings. The molecule has 18 heavy (non-hydrogen) atoms. The van der Waals surface area contributed by atoms with Gasteiger partial charge in [0.2, 0.25) is 0 Å². The lowest BCUT2D eigenvalue weighted by atomic mass is 10.1. The van der Waals surface area contributed by atoms with Crippen molar-refractivity contribution in [1.82, 2.24) is 4.98 Å². The summed E-state index contributed by atoms with van der Waals surface area (Å²) in [6, 6.07) is 1.09. The lowest BCUT2D eigenvalue weighted by molar-refractivity contribution is 0.0692. The molecule has 1 aliphatic heterocycles. The molecular formula is C12H15FN2O3. The van der Waals surface area contributed by atoms with Crippen LogP contribution in [0.4, 0.5) is 10.2 Å². The number of aromatic carboxylic acids is 1. The molecule has 98 valence electrons. The minimum Gasteiger partial charge on any atom is -0.478 e. The molecule has 5 nitrogen and oxygen atoms in total. The smallest absolute Gasteiger partial charge is 0.339 e. The van der Waals surface area contributed by atoms with E-state index < -0.39 is 11.8 Å². The van der Waals surface area contributed by atoms with Crippen molar-refractivity contribution in [1.29, 1.82) is 0 Å². The fourth-order valence-corrected chi connectivity index (χ4v) is 2.09. The van der Waals surface area contributed by atoms with Gasteiger partial charge in [0.05, 0.1) is 25.5 Å². The summed E-state index contributed by atoms with van der Waals surface area (Å²) >= 11 is 0. The van der Waals surface area contributed by atoms with Crippen LogP contribution in [-0.4, -0.2) is 41.9 Å². The van der Waals surface area contributed by atoms with Gasteiger partial charge in [0.25, 0.3) is 0 Å². The van der Waals surface area contributed by atoms with Crippen molar-refractivity contribution >= 4 is 11.8 Å². The predicted octanol–water partition coefficient (Wildman–Crippen LogP) is 1.53. The number of rotatable bonds is 3. The molecule has 6 heteroatoms. The second-order valence-corrected chi connectivity index (χ2v) is 4.16. The van der Waals surface area contributed by atoms with Gasteiger partial charge in [-0.2, -0.15) is 0 Å². The third-order valence-electron chi connectivity index (χ3n) is 3.03. The van der Waals surface area contributed by atoms with Gasteiger partial charge in [0, 0.05) is 6.54 Å². The van der Waals surface area contributed by atoms with Gasteiger partial charge in [-0.1, -0.05) is 6.92 Å². The highest BCUT2D eigenvalue weighted by Gasteiger charge is 2.26. The van der Waals surface area contributed by atoms with Gasteiger partial charge >= 0.3 is 5.97 Å². The van der Waals surface area contributed by atoms with E-state index in [2.05, 4.69) is 4.98 Å². The van der Waals surface area contributed by atoms with Gasteiger partial charge in [0.1, 0.15) is 17.2 Å². The average molecular weight is 254 g/mol. The van der Waals surface area contributed by atoms with Crippen molar-refractivity contribution in [3.63, 3.8) is 0 Å². The Morgan fingerprint density at radius 2 is 2.50 bits per heavy atom. The number of morpholine rings is 1. The number of carboxylic acid groups (broad SMARTS) is 1. The summed E-state index contributed by atoms with van der Waals surface area (Å²) in [5, 5.41) is 9.12. The van der Waals surface area contributed by atoms with E-state index in [0.29, 0.717) is 25.6 Å². The standard InChI is InChI=1S/C12H15FN2O3/c1-2-9-7-18-4-3-15(9)11-10(12(16)17)5-8(13)6-14-11/h5-6,9H,2-4,7H2,1H3,(H,16,17). The molecule has 0 aliphatic carbocycles. The zero-order chi connectivity index (χ0) is 13.1. The molecule has 0 amide bonds. The first-order valence-corrected chi connectivity index (χ1v) is 5.86. The van der Waals surface area contributed by atoms with Crippen molar-refractivity contribution in [2.45, 2.75) is 19.4 Å². The zero-order valence-corrected chi connectivity index (χ0v) is 10.1. The first-order chi connectivity index (χ1) is 8.63. The first kappa shape index (κ1) is 12.8. The van der Waals surface area contributed by atoms with Gasteiger partial charge in [-0.05, 0) is 12.5 Å². The fourth-order valence-electron chi connectivity index (χ4n) is 2.09. The SMILES string of the molecule is CCC1COCCN1c1ncc(F)cc1C(=O)O. The monoisotopic (exact) mass is 254 g/mol. The van der Waals surface area contributed by atoms with Crippen molar-refractivity contribution < 1.29 is 19.0 Å². The van der Waals surface area contributed by atoms with E-state index in [1.165, 1.54) is 0 Å². The molecule has 0 bridgehead atoms. The average Bonchev–Trinajstić information content (AvgIpc) is 2.38. The first-order valence-electron chi connectivity index (χ1n) is 5.86. The number of aromatic nitrogens is 1. The van der Waals surface area contributed by atoms with Gasteiger partial charge in [-0.3, -0.25) is 0 Å². The fraction of sp³-hybridized carbons (Fsp3) is 0.500. The largest absolute Gasteiger partial charge is 0.478 e. The summed E-state index contributed by atoms with van der Waals surface area (Å²) in [7, 11) is 0. The van der Waals surface area contributed by atoms with Gasteiger partial charge in [0.15, 0.2) is 0 Å². The third-order valence-corrected chi connectivity index (χ3v) is 3.03. The van der Waals surface area contributed by atoms with Crippen LogP contribution in [-0.2, 0) is 4.74 Å². The second-order valence-electron chi connectivity index (χ2n) is 4.16. The third kappa shape index (κ3) is 2.43. The zero-order valence-electron chi connectivity index (χ0n) is 10.1. The Kier molecular flexibility index (Phi) is 3.76. The molecular weight excluding hydrogens is 239 g/mol. The Bertz CT molecular complexity index is 453. The minimum absolute atomic E-state index is 0.0785. The Morgan fingerprint density at radius 3 is 3.17 bits per heavy atom. The molecule has 1 aliphatic rings. The van der Waals surface area contributed by atoms with E-state index in [-0.39, 0.29) is 11.6 Å². The predicted molar refractivity (Wildman–Crippen MR) is 63.4 cm³/mol. The summed E-state index contributed by atoms with van der Waals surface area (Å²) in [6.07, 6.45) is 1.86. The van der Waals surface area contributed by atoms with Crippen LogP contribution in [0.25, 0.3) is 0 Å². The topological polar surface area (TPSA) is 62.7 Å². The Labute approximate surface area is 104 Å². The van der Waals surface area contributed by atoms with Crippen LogP contribution in [0.3, 0.4) is 0 Å². The number of pyridine rings is 1. The van der Waals surface area contributed by atoms with E-state index in [0.717, 1.165) is 18.7 Å². The number of hydrogen-bond acceptors (Lipinski definition) is 4. The van der Waals surface area contributed by atoms with Crippen LogP contribution < -0.4 is 4.90 Å². The molecule has 2 heterocycles. The van der Waals surface area contributed by atoms with Gasteiger partial charge in [-0.15, -0.1) is 0 Å². The van der Waals surface area contributed by atoms with E-state index in [9.17, 15) is 9.18 Å². The van der Waals surface area contributed by atoms with E-state index >= 15 is 0 Å². The van der Waals surface area contributed by atoms with Crippen molar-refractivity contribution in [2.75, 3.05) is 24.7 Å². The summed E-state index contributed by atoms with van der Waals surface area (Å²) in [4.78, 5) is 17.0. The normalized spacial score (nSPS) is 19.9. The summed E-state index contributed by atoms with van der Waals surface area (Å²) < 4.78 is 18.4. The summed E-state index contributed by atoms with van der Waals surface area (Å²) in [5.74, 6) is -1.49. The number of carboxylic acids is 1. The number of ether oxygens (including phenoxy) is 1. The van der Waals surface area contributed by atoms with Crippen LogP contribution in [0.5, 0.6) is 0 Å². The maximum absolute atomic E-state index is 13.1. The Morgan fingerprint density at radius 1 is 1.72 bits per heavy atom. The van der Waals surface area contributed by atoms with Gasteiger partial charge < -0.3 is 14.7 Å². The molecule has 1 atom stereocenters. The molecule has 0 saturated carbocycles. The maximum atomic E-state index is 13.1. The molecule has 1 unspecified atom stereocenters. The van der Waals surface area contributed by atoms with Gasteiger partial charge in [-0.25, -0.2) is 14.2 Å². The maximum Gasteiger partial charge on any atom is 0.339 e. The van der Waals surface area contributed by atoms with Crippen LogP contribution in [0.2, 0.25) is 0 Å². The molecule has 2 rings (SSSR count). The van der Waals surface area contributed by atoms with Crippen molar-refractivity contribution in [3.8, 4) is 0 Å². The van der Waals surface area contributed by atoms with Crippen molar-refractivity contribution in [2.24, 2.45) is 0 Å². The number of nitrogens with zero attached hydrogens (tertiary/aromatic N) is 2. The quantitative estimate of drug-likeness (QED) is 0.886. The number of halogens is 1. The molecule has 0 aromatic carbocycles. The highest BCUT2D eigenvalue weighted by molar-refractivity contribution is 5.93. The lowest BCUT2D eigenvalue weighted by Crippen LogP contribution is -2.46. The Hall–Kier alpha value is -1.69. The number of carbonyl (C=O) groups is 1. The molecule has 1 aromatic rings. The van der Waals surface area contributed by atoms with Crippen LogP contribution in [0, 0.1) is 5.82 Å². The number of anilines is 1.